The van der Waals surface area contributed by atoms with Crippen molar-refractivity contribution in [1.82, 2.24) is 10.2 Å². The summed E-state index contributed by atoms with van der Waals surface area (Å²) in [7, 11) is 3.44. The SMILES string of the molecule is COCCCN1CC[C@@H](CNC(=O)c2cc(Cl)c(Cl)c3c2OCCCO3)C(OC)C1. The Kier molecular flexibility index (Phi) is 8.89. The molecule has 0 saturated carbocycles. The summed E-state index contributed by atoms with van der Waals surface area (Å²) in [5.41, 5.74) is 0.340. The molecule has 0 aromatic heterocycles. The number of benzene rings is 1. The van der Waals surface area contributed by atoms with Crippen molar-refractivity contribution in [2.45, 2.75) is 25.4 Å². The zero-order valence-electron chi connectivity index (χ0n) is 17.5. The fourth-order valence-electron chi connectivity index (χ4n) is 3.92. The van der Waals surface area contributed by atoms with E-state index in [9.17, 15) is 4.79 Å². The molecule has 30 heavy (non-hydrogen) atoms. The first-order chi connectivity index (χ1) is 14.5. The van der Waals surface area contributed by atoms with Gasteiger partial charge in [-0.3, -0.25) is 4.79 Å². The second-order valence-corrected chi connectivity index (χ2v) is 8.39. The molecule has 0 radical (unpaired) electrons. The van der Waals surface area contributed by atoms with Crippen LogP contribution in [0.25, 0.3) is 0 Å². The molecule has 2 atom stereocenters. The number of carbonyl (C=O) groups excluding carboxylic acids is 1. The molecule has 1 unspecified atom stereocenters. The summed E-state index contributed by atoms with van der Waals surface area (Å²) in [4.78, 5) is 15.3. The smallest absolute Gasteiger partial charge is 0.255 e. The van der Waals surface area contributed by atoms with Crippen LogP contribution in [0.15, 0.2) is 6.07 Å². The predicted molar refractivity (Wildman–Crippen MR) is 116 cm³/mol. The minimum atomic E-state index is -0.257. The van der Waals surface area contributed by atoms with E-state index >= 15 is 0 Å². The zero-order chi connectivity index (χ0) is 21.5. The van der Waals surface area contributed by atoms with Gasteiger partial charge < -0.3 is 29.2 Å². The molecular formula is C21H30Cl2N2O5. The number of carbonyl (C=O) groups is 1. The maximum atomic E-state index is 13.0. The summed E-state index contributed by atoms with van der Waals surface area (Å²) in [5, 5.41) is 3.56. The number of piperidine rings is 1. The van der Waals surface area contributed by atoms with Gasteiger partial charge in [0, 0.05) is 52.8 Å². The third-order valence-corrected chi connectivity index (χ3v) is 6.36. The average molecular weight is 461 g/mol. The summed E-state index contributed by atoms with van der Waals surface area (Å²) < 4.78 is 22.3. The molecule has 1 aromatic rings. The Morgan fingerprint density at radius 3 is 2.77 bits per heavy atom. The Balaban J connectivity index is 1.62. The topological polar surface area (TPSA) is 69.3 Å². The fourth-order valence-corrected chi connectivity index (χ4v) is 4.31. The lowest BCUT2D eigenvalue weighted by Gasteiger charge is -2.37. The minimum absolute atomic E-state index is 0.0621. The number of hydrogen-bond acceptors (Lipinski definition) is 6. The van der Waals surface area contributed by atoms with Gasteiger partial charge in [-0.2, -0.15) is 0 Å². The van der Waals surface area contributed by atoms with Crippen LogP contribution in [0, 0.1) is 5.92 Å². The number of rotatable bonds is 8. The lowest BCUT2D eigenvalue weighted by molar-refractivity contribution is -0.0121. The van der Waals surface area contributed by atoms with E-state index in [2.05, 4.69) is 10.2 Å². The first-order valence-corrected chi connectivity index (χ1v) is 11.1. The Bertz CT molecular complexity index is 734. The molecular weight excluding hydrogens is 431 g/mol. The highest BCUT2D eigenvalue weighted by molar-refractivity contribution is 6.43. The highest BCUT2D eigenvalue weighted by Crippen LogP contribution is 2.44. The first-order valence-electron chi connectivity index (χ1n) is 10.3. The maximum Gasteiger partial charge on any atom is 0.255 e. The summed E-state index contributed by atoms with van der Waals surface area (Å²) >= 11 is 12.5. The summed E-state index contributed by atoms with van der Waals surface area (Å²) in [6.45, 7) is 5.00. The van der Waals surface area contributed by atoms with Crippen LogP contribution in [0.2, 0.25) is 10.0 Å². The van der Waals surface area contributed by atoms with Crippen molar-refractivity contribution in [3.8, 4) is 11.5 Å². The lowest BCUT2D eigenvalue weighted by atomic mass is 9.93. The number of ether oxygens (including phenoxy) is 4. The van der Waals surface area contributed by atoms with Crippen molar-refractivity contribution in [2.24, 2.45) is 5.92 Å². The van der Waals surface area contributed by atoms with Gasteiger partial charge in [0.15, 0.2) is 11.5 Å². The molecule has 1 fully saturated rings. The minimum Gasteiger partial charge on any atom is -0.489 e. The van der Waals surface area contributed by atoms with Crippen molar-refractivity contribution >= 4 is 29.1 Å². The Morgan fingerprint density at radius 2 is 2.03 bits per heavy atom. The molecule has 2 aliphatic heterocycles. The van der Waals surface area contributed by atoms with Crippen molar-refractivity contribution in [3.63, 3.8) is 0 Å². The highest BCUT2D eigenvalue weighted by atomic mass is 35.5. The third-order valence-electron chi connectivity index (χ3n) is 5.59. The van der Waals surface area contributed by atoms with Gasteiger partial charge in [-0.15, -0.1) is 0 Å². The van der Waals surface area contributed by atoms with E-state index in [1.807, 2.05) is 0 Å². The molecule has 1 amide bonds. The maximum absolute atomic E-state index is 13.0. The van der Waals surface area contributed by atoms with Crippen LogP contribution in [0.5, 0.6) is 11.5 Å². The largest absolute Gasteiger partial charge is 0.489 e. The molecule has 0 bridgehead atoms. The van der Waals surface area contributed by atoms with E-state index in [1.54, 1.807) is 20.3 Å². The molecule has 9 heteroatoms. The molecule has 0 aliphatic carbocycles. The second-order valence-electron chi connectivity index (χ2n) is 7.61. The van der Waals surface area contributed by atoms with Gasteiger partial charge in [-0.05, 0) is 25.5 Å². The van der Waals surface area contributed by atoms with Crippen molar-refractivity contribution in [1.29, 1.82) is 0 Å². The summed E-state index contributed by atoms with van der Waals surface area (Å²) in [6, 6.07) is 1.54. The molecule has 1 aromatic carbocycles. The Hall–Kier alpha value is -1.25. The Morgan fingerprint density at radius 1 is 1.27 bits per heavy atom. The highest BCUT2D eigenvalue weighted by Gasteiger charge is 2.30. The van der Waals surface area contributed by atoms with E-state index in [0.717, 1.165) is 39.1 Å². The number of nitrogens with zero attached hydrogens (tertiary/aromatic N) is 1. The van der Waals surface area contributed by atoms with E-state index < -0.39 is 0 Å². The van der Waals surface area contributed by atoms with Crippen LogP contribution in [0.3, 0.4) is 0 Å². The van der Waals surface area contributed by atoms with Crippen LogP contribution in [-0.4, -0.2) is 77.1 Å². The third kappa shape index (κ3) is 5.71. The van der Waals surface area contributed by atoms with Crippen molar-refractivity contribution in [2.75, 3.05) is 60.2 Å². The number of likely N-dealkylation sites (tertiary alicyclic amines) is 1. The monoisotopic (exact) mass is 460 g/mol. The second kappa shape index (κ2) is 11.4. The number of amides is 1. The summed E-state index contributed by atoms with van der Waals surface area (Å²) in [5.74, 6) is 0.672. The normalized spacial score (nSPS) is 21.9. The van der Waals surface area contributed by atoms with Crippen LogP contribution >= 0.6 is 23.2 Å². The Labute approximate surface area is 187 Å². The van der Waals surface area contributed by atoms with Crippen LogP contribution in [0.1, 0.15) is 29.6 Å². The standard InChI is InChI=1S/C21H30Cl2N2O5/c1-27-8-3-6-25-7-5-14(17(13-25)28-2)12-24-21(26)15-11-16(22)18(23)20-19(15)29-9-4-10-30-20/h11,14,17H,3-10,12-13H2,1-2H3,(H,24,26)/t14-,17?/m0/s1. The number of halogens is 2. The van der Waals surface area contributed by atoms with E-state index in [-0.39, 0.29) is 28.0 Å². The van der Waals surface area contributed by atoms with Crippen molar-refractivity contribution in [3.05, 3.63) is 21.7 Å². The van der Waals surface area contributed by atoms with Crippen LogP contribution in [0.4, 0.5) is 0 Å². The molecule has 7 nitrogen and oxygen atoms in total. The van der Waals surface area contributed by atoms with Gasteiger partial charge in [0.1, 0.15) is 5.02 Å². The van der Waals surface area contributed by atoms with E-state index in [1.165, 1.54) is 0 Å². The van der Waals surface area contributed by atoms with Crippen LogP contribution in [-0.2, 0) is 9.47 Å². The van der Waals surface area contributed by atoms with E-state index in [0.29, 0.717) is 43.2 Å². The van der Waals surface area contributed by atoms with Gasteiger partial charge in [-0.25, -0.2) is 0 Å². The van der Waals surface area contributed by atoms with E-state index in [4.69, 9.17) is 42.1 Å². The molecule has 3 rings (SSSR count). The number of methoxy groups -OCH3 is 2. The van der Waals surface area contributed by atoms with Gasteiger partial charge in [-0.1, -0.05) is 23.2 Å². The molecule has 2 aliphatic rings. The van der Waals surface area contributed by atoms with Crippen LogP contribution < -0.4 is 14.8 Å². The molecule has 2 heterocycles. The molecule has 168 valence electrons. The first kappa shape index (κ1) is 23.4. The zero-order valence-corrected chi connectivity index (χ0v) is 19.1. The lowest BCUT2D eigenvalue weighted by Crippen LogP contribution is -2.48. The van der Waals surface area contributed by atoms with Gasteiger partial charge >= 0.3 is 0 Å². The van der Waals surface area contributed by atoms with Crippen molar-refractivity contribution < 1.29 is 23.7 Å². The molecule has 1 saturated heterocycles. The quantitative estimate of drug-likeness (QED) is 0.600. The fraction of sp³-hybridized carbons (Fsp3) is 0.667. The molecule has 0 spiro atoms. The number of hydrogen-bond donors (Lipinski definition) is 1. The summed E-state index contributed by atoms with van der Waals surface area (Å²) in [6.07, 6.45) is 2.72. The average Bonchev–Trinajstić information content (AvgIpc) is 3.01. The number of fused-ring (bicyclic) bond motifs is 1. The molecule has 1 N–H and O–H groups in total. The van der Waals surface area contributed by atoms with Gasteiger partial charge in [0.25, 0.3) is 5.91 Å². The predicted octanol–water partition coefficient (Wildman–Crippen LogP) is 3.26. The van der Waals surface area contributed by atoms with Gasteiger partial charge in [0.05, 0.1) is 29.9 Å². The number of nitrogens with one attached hydrogen (secondary N) is 1. The van der Waals surface area contributed by atoms with Gasteiger partial charge in [0.2, 0.25) is 0 Å².